The third-order valence-corrected chi connectivity index (χ3v) is 5.37. The Morgan fingerprint density at radius 2 is 2.14 bits per heavy atom. The molecule has 0 spiro atoms. The summed E-state index contributed by atoms with van der Waals surface area (Å²) in [5.74, 6) is 1.60. The van der Waals surface area contributed by atoms with Gasteiger partial charge in [-0.05, 0) is 30.4 Å². The van der Waals surface area contributed by atoms with E-state index in [1.807, 2.05) is 7.05 Å². The minimum absolute atomic E-state index is 0.672. The second kappa shape index (κ2) is 6.41. The molecule has 0 radical (unpaired) electrons. The van der Waals surface area contributed by atoms with Gasteiger partial charge in [0.15, 0.2) is 0 Å². The Morgan fingerprint density at radius 1 is 1.24 bits per heavy atom. The summed E-state index contributed by atoms with van der Waals surface area (Å²) in [6.45, 7) is 3.05. The Morgan fingerprint density at radius 3 is 2.86 bits per heavy atom. The second-order valence-electron chi connectivity index (χ2n) is 4.69. The predicted molar refractivity (Wildman–Crippen MR) is 92.9 cm³/mol. The lowest BCUT2D eigenvalue weighted by Gasteiger charge is -2.07. The van der Waals surface area contributed by atoms with Crippen LogP contribution in [0.15, 0.2) is 23.6 Å². The van der Waals surface area contributed by atoms with E-state index in [4.69, 9.17) is 0 Å². The van der Waals surface area contributed by atoms with E-state index in [0.717, 1.165) is 35.4 Å². The largest absolute Gasteiger partial charge is 0.369 e. The molecule has 3 aromatic heterocycles. The molecular formula is C15H18N4S2. The van der Waals surface area contributed by atoms with E-state index in [1.165, 1.54) is 9.75 Å². The van der Waals surface area contributed by atoms with Crippen LogP contribution in [0.3, 0.4) is 0 Å². The Hall–Kier alpha value is -1.66. The highest BCUT2D eigenvalue weighted by Gasteiger charge is 2.10. The van der Waals surface area contributed by atoms with E-state index in [9.17, 15) is 0 Å². The molecule has 6 heteroatoms. The highest BCUT2D eigenvalue weighted by atomic mass is 32.1. The predicted octanol–water partition coefficient (Wildman–Crippen LogP) is 4.01. The quantitative estimate of drug-likeness (QED) is 0.721. The fourth-order valence-corrected chi connectivity index (χ4v) is 3.83. The van der Waals surface area contributed by atoms with Crippen LogP contribution in [0, 0.1) is 0 Å². The first-order valence-electron chi connectivity index (χ1n) is 7.04. The zero-order valence-electron chi connectivity index (χ0n) is 12.1. The maximum absolute atomic E-state index is 4.56. The van der Waals surface area contributed by atoms with Gasteiger partial charge in [-0.3, -0.25) is 0 Å². The highest BCUT2D eigenvalue weighted by molar-refractivity contribution is 7.18. The molecule has 0 aromatic carbocycles. The van der Waals surface area contributed by atoms with Crippen molar-refractivity contribution in [2.45, 2.75) is 19.8 Å². The Balaban J connectivity index is 1.83. The molecular weight excluding hydrogens is 300 g/mol. The molecule has 0 amide bonds. The molecule has 21 heavy (non-hydrogen) atoms. The van der Waals surface area contributed by atoms with Gasteiger partial charge in [0.2, 0.25) is 5.95 Å². The third-order valence-electron chi connectivity index (χ3n) is 3.26. The molecule has 3 rings (SSSR count). The molecule has 3 heterocycles. The summed E-state index contributed by atoms with van der Waals surface area (Å²) in [5.41, 5.74) is 0. The van der Waals surface area contributed by atoms with Crippen LogP contribution >= 0.6 is 22.7 Å². The summed E-state index contributed by atoms with van der Waals surface area (Å²) in [6.07, 6.45) is 2.05. The second-order valence-corrected chi connectivity index (χ2v) is 6.83. The minimum Gasteiger partial charge on any atom is -0.369 e. The molecule has 0 atom stereocenters. The number of nitrogens with zero attached hydrogens (tertiary/aromatic N) is 2. The van der Waals surface area contributed by atoms with Gasteiger partial charge in [-0.15, -0.1) is 22.7 Å². The molecule has 3 aromatic rings. The molecule has 0 bridgehead atoms. The minimum atomic E-state index is 0.672. The summed E-state index contributed by atoms with van der Waals surface area (Å²) in [7, 11) is 1.85. The monoisotopic (exact) mass is 318 g/mol. The maximum Gasteiger partial charge on any atom is 0.225 e. The summed E-state index contributed by atoms with van der Waals surface area (Å²) in [5, 5.41) is 9.74. The van der Waals surface area contributed by atoms with Crippen LogP contribution in [0.1, 0.15) is 16.7 Å². The number of rotatable bonds is 6. The van der Waals surface area contributed by atoms with Gasteiger partial charge < -0.3 is 10.6 Å². The van der Waals surface area contributed by atoms with Gasteiger partial charge in [0.1, 0.15) is 10.6 Å². The van der Waals surface area contributed by atoms with Gasteiger partial charge in [-0.25, -0.2) is 4.98 Å². The molecule has 4 nitrogen and oxygen atoms in total. The van der Waals surface area contributed by atoms with Crippen LogP contribution in [0.4, 0.5) is 11.8 Å². The van der Waals surface area contributed by atoms with Gasteiger partial charge in [0.05, 0.1) is 5.39 Å². The average molecular weight is 318 g/mol. The van der Waals surface area contributed by atoms with Crippen molar-refractivity contribution in [1.82, 2.24) is 9.97 Å². The lowest BCUT2D eigenvalue weighted by Crippen LogP contribution is -2.07. The molecule has 0 aliphatic heterocycles. The summed E-state index contributed by atoms with van der Waals surface area (Å²) < 4.78 is 0. The topological polar surface area (TPSA) is 49.8 Å². The zero-order valence-corrected chi connectivity index (χ0v) is 13.8. The fourth-order valence-electron chi connectivity index (χ4n) is 2.15. The highest BCUT2D eigenvalue weighted by Crippen LogP contribution is 2.30. The van der Waals surface area contributed by atoms with Crippen molar-refractivity contribution in [3.8, 4) is 0 Å². The molecule has 0 aliphatic carbocycles. The van der Waals surface area contributed by atoms with E-state index >= 15 is 0 Å². The van der Waals surface area contributed by atoms with Crippen LogP contribution in [0.25, 0.3) is 10.2 Å². The van der Waals surface area contributed by atoms with E-state index in [-0.39, 0.29) is 0 Å². The number of fused-ring (bicyclic) bond motifs is 1. The molecule has 0 fully saturated rings. The number of nitrogens with one attached hydrogen (secondary N) is 2. The zero-order chi connectivity index (χ0) is 14.7. The Labute approximate surface area is 132 Å². The number of aryl methyl sites for hydroxylation is 1. The fraction of sp³-hybridized carbons (Fsp3) is 0.333. The third kappa shape index (κ3) is 3.16. The molecule has 0 aliphatic rings. The molecule has 110 valence electrons. The average Bonchev–Trinajstić information content (AvgIpc) is 3.15. The molecule has 0 saturated heterocycles. The SMILES string of the molecule is CCc1cc2c(NCCc3cccs3)nc(NC)nc2s1. The van der Waals surface area contributed by atoms with Gasteiger partial charge in [0.25, 0.3) is 0 Å². The van der Waals surface area contributed by atoms with Crippen molar-refractivity contribution < 1.29 is 0 Å². The van der Waals surface area contributed by atoms with Crippen LogP contribution in [0.5, 0.6) is 0 Å². The van der Waals surface area contributed by atoms with Crippen molar-refractivity contribution in [2.24, 2.45) is 0 Å². The molecule has 0 unspecified atom stereocenters. The first-order valence-corrected chi connectivity index (χ1v) is 8.74. The van der Waals surface area contributed by atoms with Crippen molar-refractivity contribution in [3.63, 3.8) is 0 Å². The normalized spacial score (nSPS) is 11.0. The maximum atomic E-state index is 4.56. The van der Waals surface area contributed by atoms with Crippen molar-refractivity contribution in [3.05, 3.63) is 33.3 Å². The van der Waals surface area contributed by atoms with Crippen LogP contribution in [-0.2, 0) is 12.8 Å². The number of anilines is 2. The van der Waals surface area contributed by atoms with Crippen LogP contribution in [0.2, 0.25) is 0 Å². The standard InChI is InChI=1S/C15H18N4S2/c1-3-10-9-12-13(17-7-6-11-5-4-8-20-11)18-15(16-2)19-14(12)21-10/h4-5,8-9H,3,6-7H2,1-2H3,(H2,16,17,18,19). The number of aromatic nitrogens is 2. The first-order chi connectivity index (χ1) is 10.3. The van der Waals surface area contributed by atoms with E-state index in [0.29, 0.717) is 5.95 Å². The van der Waals surface area contributed by atoms with Crippen LogP contribution < -0.4 is 10.6 Å². The van der Waals surface area contributed by atoms with Gasteiger partial charge in [0, 0.05) is 23.3 Å². The number of thiophene rings is 2. The van der Waals surface area contributed by atoms with E-state index in [2.05, 4.69) is 51.1 Å². The summed E-state index contributed by atoms with van der Waals surface area (Å²) in [6, 6.07) is 6.46. The molecule has 2 N–H and O–H groups in total. The Bertz CT molecular complexity index is 719. The number of hydrogen-bond acceptors (Lipinski definition) is 6. The van der Waals surface area contributed by atoms with Crippen molar-refractivity contribution in [1.29, 1.82) is 0 Å². The number of hydrogen-bond donors (Lipinski definition) is 2. The van der Waals surface area contributed by atoms with Gasteiger partial charge in [-0.2, -0.15) is 4.98 Å². The van der Waals surface area contributed by atoms with Crippen molar-refractivity contribution >= 4 is 44.7 Å². The Kier molecular flexibility index (Phi) is 4.36. The smallest absolute Gasteiger partial charge is 0.225 e. The van der Waals surface area contributed by atoms with Gasteiger partial charge in [-0.1, -0.05) is 13.0 Å². The summed E-state index contributed by atoms with van der Waals surface area (Å²) in [4.78, 5) is 12.9. The summed E-state index contributed by atoms with van der Waals surface area (Å²) >= 11 is 3.54. The van der Waals surface area contributed by atoms with Crippen LogP contribution in [-0.4, -0.2) is 23.6 Å². The van der Waals surface area contributed by atoms with E-state index in [1.54, 1.807) is 22.7 Å². The lowest BCUT2D eigenvalue weighted by atomic mass is 10.3. The van der Waals surface area contributed by atoms with Crippen molar-refractivity contribution in [2.75, 3.05) is 24.2 Å². The van der Waals surface area contributed by atoms with Gasteiger partial charge >= 0.3 is 0 Å². The first kappa shape index (κ1) is 14.3. The lowest BCUT2D eigenvalue weighted by molar-refractivity contribution is 1.03. The molecule has 0 saturated carbocycles. The van der Waals surface area contributed by atoms with E-state index < -0.39 is 0 Å².